The molecule has 0 rings (SSSR count). The van der Waals surface area contributed by atoms with Crippen molar-refractivity contribution in [2.45, 2.75) is 10.7 Å². The topological polar surface area (TPSA) is 0 Å². The van der Waals surface area contributed by atoms with Gasteiger partial charge in [-0.1, -0.05) is 53.8 Å². The van der Waals surface area contributed by atoms with Gasteiger partial charge in [0.25, 0.3) is 3.25 Å². The van der Waals surface area contributed by atoms with E-state index >= 15 is 0 Å². The molecule has 0 aliphatic carbocycles. The third-order valence-corrected chi connectivity index (χ3v) is 0. The van der Waals surface area contributed by atoms with Crippen molar-refractivity contribution < 1.29 is 0 Å². The molecule has 0 bridgehead atoms. The quantitative estimate of drug-likeness (QED) is 0.531. The molecule has 0 N–H and O–H groups in total. The molecule has 0 spiro atoms. The highest BCUT2D eigenvalue weighted by Gasteiger charge is 2.11. The second-order valence-corrected chi connectivity index (χ2v) is 3.86. The Hall–Kier alpha value is 1.45. The van der Waals surface area contributed by atoms with Crippen molar-refractivity contribution in [3.05, 3.63) is 0 Å². The molecule has 48 valence electrons. The Balaban J connectivity index is -0.0000000800. The molecule has 0 saturated carbocycles. The minimum Gasteiger partial charge on any atom is -0.147 e. The molecule has 0 aromatic heterocycles. The fourth-order valence-electron chi connectivity index (χ4n) is 0. The van der Waals surface area contributed by atoms with Crippen molar-refractivity contribution in [3.8, 4) is 0 Å². The first-order chi connectivity index (χ1) is 2.00. The number of hydrogen-bond donors (Lipinski definition) is 0. The lowest BCUT2D eigenvalue weighted by Gasteiger charge is -1.91. The van der Waals surface area contributed by atoms with Crippen molar-refractivity contribution in [3.63, 3.8) is 0 Å². The summed E-state index contributed by atoms with van der Waals surface area (Å²) in [5.41, 5.74) is 0. The van der Waals surface area contributed by atoms with Crippen LogP contribution in [0, 0.1) is 0 Å². The van der Waals surface area contributed by atoms with Gasteiger partial charge in [0.1, 0.15) is 0 Å². The summed E-state index contributed by atoms with van der Waals surface area (Å²) in [6.07, 6.45) is 0. The van der Waals surface area contributed by atoms with E-state index in [2.05, 4.69) is 0 Å². The molecule has 0 nitrogen and oxygen atoms in total. The van der Waals surface area contributed by atoms with Crippen molar-refractivity contribution >= 4 is 58.8 Å². The van der Waals surface area contributed by atoms with Crippen LogP contribution in [0.3, 0.4) is 0 Å². The summed E-state index contributed by atoms with van der Waals surface area (Å²) in [6, 6.07) is 0. The standard InChI is InChI=1S/CCl4.CH4.ClH/c2-1(3,4)5;;/h;1H4;1H. The van der Waals surface area contributed by atoms with Crippen LogP contribution >= 0.6 is 58.8 Å². The smallest absolute Gasteiger partial charge is 0.147 e. The molecule has 0 unspecified atom stereocenters. The fourth-order valence-corrected chi connectivity index (χ4v) is 0. The highest BCUT2D eigenvalue weighted by Crippen LogP contribution is 2.29. The van der Waals surface area contributed by atoms with E-state index in [-0.39, 0.29) is 19.8 Å². The largest absolute Gasteiger partial charge is 0.266 e. The molecule has 0 fully saturated rings. The number of halogens is 5. The summed E-state index contributed by atoms with van der Waals surface area (Å²) in [7, 11) is 0. The molecule has 0 saturated heterocycles. The van der Waals surface area contributed by atoms with E-state index < -0.39 is 3.25 Å². The van der Waals surface area contributed by atoms with Crippen LogP contribution in [-0.4, -0.2) is 3.25 Å². The zero-order valence-corrected chi connectivity index (χ0v) is 6.26. The van der Waals surface area contributed by atoms with Gasteiger partial charge in [-0.05, 0) is 0 Å². The van der Waals surface area contributed by atoms with Gasteiger partial charge in [-0.25, -0.2) is 0 Å². The lowest BCUT2D eigenvalue weighted by atomic mass is 11.8. The molecule has 0 radical (unpaired) electrons. The summed E-state index contributed by atoms with van der Waals surface area (Å²) < 4.78 is -1.61. The van der Waals surface area contributed by atoms with Crippen molar-refractivity contribution in [1.82, 2.24) is 0 Å². The molecule has 0 aliphatic rings. The lowest BCUT2D eigenvalue weighted by Crippen LogP contribution is -1.81. The van der Waals surface area contributed by atoms with E-state index in [4.69, 9.17) is 46.4 Å². The summed E-state index contributed by atoms with van der Waals surface area (Å²) in [5.74, 6) is 0. The van der Waals surface area contributed by atoms with E-state index in [9.17, 15) is 0 Å². The van der Waals surface area contributed by atoms with Crippen LogP contribution in [-0.2, 0) is 0 Å². The first-order valence-corrected chi connectivity index (χ1v) is 2.27. The maximum absolute atomic E-state index is 4.83. The van der Waals surface area contributed by atoms with Crippen LogP contribution in [0.5, 0.6) is 0 Å². The Morgan fingerprint density at radius 2 is 0.857 bits per heavy atom. The molecule has 0 amide bonds. The maximum atomic E-state index is 4.83. The highest BCUT2D eigenvalue weighted by molar-refractivity contribution is 6.83. The number of alkyl halides is 4. The number of hydrogen-bond acceptors (Lipinski definition) is 0. The monoisotopic (exact) mass is 204 g/mol. The molecule has 0 aromatic carbocycles. The third kappa shape index (κ3) is 105. The summed E-state index contributed by atoms with van der Waals surface area (Å²) in [4.78, 5) is 0. The van der Waals surface area contributed by atoms with Gasteiger partial charge < -0.3 is 0 Å². The summed E-state index contributed by atoms with van der Waals surface area (Å²) in [6.45, 7) is 0. The van der Waals surface area contributed by atoms with Gasteiger partial charge in [-0.2, -0.15) is 0 Å². The minimum absolute atomic E-state index is 0. The van der Waals surface area contributed by atoms with E-state index in [0.717, 1.165) is 0 Å². The van der Waals surface area contributed by atoms with Crippen LogP contribution in [0.25, 0.3) is 0 Å². The Labute approximate surface area is 69.5 Å². The zero-order chi connectivity index (χ0) is 4.50. The summed E-state index contributed by atoms with van der Waals surface area (Å²) in [5, 5.41) is 0. The maximum Gasteiger partial charge on any atom is 0.266 e. The van der Waals surface area contributed by atoms with Crippen molar-refractivity contribution in [2.75, 3.05) is 0 Å². The van der Waals surface area contributed by atoms with Crippen LogP contribution in [0.15, 0.2) is 0 Å². The summed E-state index contributed by atoms with van der Waals surface area (Å²) >= 11 is 19.3. The minimum atomic E-state index is -1.61. The van der Waals surface area contributed by atoms with E-state index in [1.807, 2.05) is 0 Å². The van der Waals surface area contributed by atoms with Gasteiger partial charge in [0.05, 0.1) is 0 Å². The van der Waals surface area contributed by atoms with Gasteiger partial charge >= 0.3 is 0 Å². The Morgan fingerprint density at radius 1 is 0.857 bits per heavy atom. The first kappa shape index (κ1) is 15.8. The van der Waals surface area contributed by atoms with Crippen LogP contribution in [0.4, 0.5) is 0 Å². The second kappa shape index (κ2) is 5.58. The third-order valence-electron chi connectivity index (χ3n) is 0. The van der Waals surface area contributed by atoms with E-state index in [0.29, 0.717) is 0 Å². The fraction of sp³-hybridized carbons (Fsp3) is 1.00. The first-order valence-electron chi connectivity index (χ1n) is 0.756. The zero-order valence-electron chi connectivity index (χ0n) is 2.42. The Kier molecular flexibility index (Phi) is 12.6. The van der Waals surface area contributed by atoms with Crippen LogP contribution in [0.2, 0.25) is 0 Å². The average Bonchev–Trinajstić information content (AvgIpc) is 0.722. The lowest BCUT2D eigenvalue weighted by molar-refractivity contribution is 1.76. The number of rotatable bonds is 0. The molecule has 0 atom stereocenters. The van der Waals surface area contributed by atoms with Crippen molar-refractivity contribution in [1.29, 1.82) is 0 Å². The van der Waals surface area contributed by atoms with Gasteiger partial charge in [-0.3, -0.25) is 0 Å². The Bertz CT molecular complexity index is 21.6. The average molecular weight is 206 g/mol. The van der Waals surface area contributed by atoms with Crippen LogP contribution < -0.4 is 0 Å². The van der Waals surface area contributed by atoms with Gasteiger partial charge in [-0.15, -0.1) is 12.4 Å². The molecule has 0 heterocycles. The van der Waals surface area contributed by atoms with E-state index in [1.54, 1.807) is 0 Å². The van der Waals surface area contributed by atoms with Gasteiger partial charge in [0, 0.05) is 0 Å². The van der Waals surface area contributed by atoms with Crippen LogP contribution in [0.1, 0.15) is 7.43 Å². The molecule has 7 heavy (non-hydrogen) atoms. The molecular weight excluding hydrogens is 201 g/mol. The normalized spacial score (nSPS) is 8.57. The second-order valence-electron chi connectivity index (χ2n) is 0.429. The van der Waals surface area contributed by atoms with E-state index in [1.165, 1.54) is 0 Å². The van der Waals surface area contributed by atoms with Gasteiger partial charge in [0.2, 0.25) is 0 Å². The molecule has 0 aromatic rings. The van der Waals surface area contributed by atoms with Gasteiger partial charge in [0.15, 0.2) is 0 Å². The predicted molar refractivity (Wildman–Crippen MR) is 40.1 cm³/mol. The predicted octanol–water partition coefficient (Wildman–Crippen LogP) is 3.61. The molecular formula is C2H5Cl5. The highest BCUT2D eigenvalue weighted by atomic mass is 35.6. The molecule has 0 aliphatic heterocycles. The SMILES string of the molecule is C.Cl.ClC(Cl)(Cl)Cl. The molecule has 5 heteroatoms. The van der Waals surface area contributed by atoms with Crippen molar-refractivity contribution in [2.24, 2.45) is 0 Å². The Morgan fingerprint density at radius 3 is 0.857 bits per heavy atom.